The summed E-state index contributed by atoms with van der Waals surface area (Å²) < 4.78 is 31.6. The molecule has 0 bridgehead atoms. The largest absolute Gasteiger partial charge is 0.379 e. The van der Waals surface area contributed by atoms with Gasteiger partial charge in [0.25, 0.3) is 5.69 Å². The Hall–Kier alpha value is -1.75. The number of sulfonamides is 1. The molecule has 1 aliphatic heterocycles. The molecule has 0 unspecified atom stereocenters. The number of anilines is 1. The minimum absolute atomic E-state index is 0.0500. The average Bonchev–Trinajstić information content (AvgIpc) is 2.73. The van der Waals surface area contributed by atoms with Crippen molar-refractivity contribution in [1.29, 1.82) is 0 Å². The van der Waals surface area contributed by atoms with Crippen LogP contribution in [0.4, 0.5) is 11.4 Å². The standard InChI is InChI=1S/C18H28N4O5S/c1-19-28(25,26)15-5-6-16(17(13-15)22(23)24)20-14-18(7-3-2-4-8-18)21-9-11-27-12-10-21/h5-6,13,19-20H,2-4,7-12,14H2,1H3. The lowest BCUT2D eigenvalue weighted by Crippen LogP contribution is -2.58. The van der Waals surface area contributed by atoms with E-state index in [1.807, 2.05) is 0 Å². The number of ether oxygens (including phenoxy) is 1. The molecule has 10 heteroatoms. The van der Waals surface area contributed by atoms with Gasteiger partial charge >= 0.3 is 0 Å². The van der Waals surface area contributed by atoms with Crippen molar-refractivity contribution >= 4 is 21.4 Å². The van der Waals surface area contributed by atoms with E-state index in [2.05, 4.69) is 14.9 Å². The highest BCUT2D eigenvalue weighted by Crippen LogP contribution is 2.36. The minimum atomic E-state index is -3.74. The molecule has 156 valence electrons. The van der Waals surface area contributed by atoms with Crippen molar-refractivity contribution in [3.63, 3.8) is 0 Å². The molecule has 0 amide bonds. The predicted molar refractivity (Wildman–Crippen MR) is 106 cm³/mol. The molecule has 3 rings (SSSR count). The third kappa shape index (κ3) is 4.45. The summed E-state index contributed by atoms with van der Waals surface area (Å²) in [5, 5.41) is 14.8. The van der Waals surface area contributed by atoms with Gasteiger partial charge in [0.05, 0.1) is 23.0 Å². The Bertz CT molecular complexity index is 802. The highest BCUT2D eigenvalue weighted by atomic mass is 32.2. The van der Waals surface area contributed by atoms with Gasteiger partial charge in [-0.1, -0.05) is 19.3 Å². The van der Waals surface area contributed by atoms with E-state index >= 15 is 0 Å². The number of benzene rings is 1. The molecule has 1 heterocycles. The maximum atomic E-state index is 12.0. The lowest BCUT2D eigenvalue weighted by atomic mass is 9.79. The molecule has 1 aromatic carbocycles. The Morgan fingerprint density at radius 2 is 1.89 bits per heavy atom. The van der Waals surface area contributed by atoms with E-state index in [0.29, 0.717) is 25.4 Å². The Balaban J connectivity index is 1.84. The van der Waals surface area contributed by atoms with Gasteiger partial charge in [-0.3, -0.25) is 15.0 Å². The van der Waals surface area contributed by atoms with Crippen LogP contribution in [0.15, 0.2) is 23.1 Å². The minimum Gasteiger partial charge on any atom is -0.379 e. The van der Waals surface area contributed by atoms with E-state index in [-0.39, 0.29) is 16.1 Å². The zero-order valence-electron chi connectivity index (χ0n) is 16.1. The zero-order chi connectivity index (χ0) is 20.2. The first-order valence-corrected chi connectivity index (χ1v) is 11.1. The Morgan fingerprint density at radius 1 is 1.21 bits per heavy atom. The molecule has 1 saturated heterocycles. The van der Waals surface area contributed by atoms with E-state index in [4.69, 9.17) is 4.74 Å². The van der Waals surface area contributed by atoms with Gasteiger partial charge in [0.15, 0.2) is 0 Å². The highest BCUT2D eigenvalue weighted by molar-refractivity contribution is 7.89. The van der Waals surface area contributed by atoms with Gasteiger partial charge in [-0.2, -0.15) is 0 Å². The molecule has 28 heavy (non-hydrogen) atoms. The number of nitro benzene ring substituents is 1. The Labute approximate surface area is 165 Å². The van der Waals surface area contributed by atoms with Gasteiger partial charge in [0.1, 0.15) is 5.69 Å². The van der Waals surface area contributed by atoms with Gasteiger partial charge in [-0.15, -0.1) is 0 Å². The van der Waals surface area contributed by atoms with Crippen molar-refractivity contribution in [3.05, 3.63) is 28.3 Å². The predicted octanol–water partition coefficient (Wildman–Crippen LogP) is 1.95. The van der Waals surface area contributed by atoms with Gasteiger partial charge in [-0.25, -0.2) is 13.1 Å². The van der Waals surface area contributed by atoms with Crippen LogP contribution in [0.25, 0.3) is 0 Å². The van der Waals surface area contributed by atoms with Gasteiger partial charge < -0.3 is 10.1 Å². The van der Waals surface area contributed by atoms with Crippen molar-refractivity contribution in [2.45, 2.75) is 42.5 Å². The smallest absolute Gasteiger partial charge is 0.293 e. The summed E-state index contributed by atoms with van der Waals surface area (Å²) >= 11 is 0. The topological polar surface area (TPSA) is 114 Å². The van der Waals surface area contributed by atoms with E-state index in [0.717, 1.165) is 44.8 Å². The number of morpholine rings is 1. The first kappa shape index (κ1) is 21.0. The van der Waals surface area contributed by atoms with Crippen LogP contribution in [0.1, 0.15) is 32.1 Å². The normalized spacial score (nSPS) is 20.6. The fourth-order valence-corrected chi connectivity index (χ4v) is 4.96. The van der Waals surface area contributed by atoms with Crippen LogP contribution in [-0.2, 0) is 14.8 Å². The molecule has 2 fully saturated rings. The summed E-state index contributed by atoms with van der Waals surface area (Å²) in [5.74, 6) is 0. The molecule has 0 atom stereocenters. The summed E-state index contributed by atoms with van der Waals surface area (Å²) in [6.45, 7) is 3.73. The van der Waals surface area contributed by atoms with Crippen LogP contribution in [0.5, 0.6) is 0 Å². The SMILES string of the molecule is CNS(=O)(=O)c1ccc(NCC2(N3CCOCC3)CCCCC2)c([N+](=O)[O-])c1. The number of nitrogens with one attached hydrogen (secondary N) is 2. The third-order valence-electron chi connectivity index (χ3n) is 5.82. The highest BCUT2D eigenvalue weighted by Gasteiger charge is 2.38. The Morgan fingerprint density at radius 3 is 2.50 bits per heavy atom. The summed E-state index contributed by atoms with van der Waals surface area (Å²) in [7, 11) is -2.46. The number of hydrogen-bond donors (Lipinski definition) is 2. The van der Waals surface area contributed by atoms with Crippen molar-refractivity contribution in [3.8, 4) is 0 Å². The first-order valence-electron chi connectivity index (χ1n) is 9.67. The van der Waals surface area contributed by atoms with E-state index in [1.165, 1.54) is 25.6 Å². The molecule has 1 aliphatic carbocycles. The monoisotopic (exact) mass is 412 g/mol. The second-order valence-electron chi connectivity index (χ2n) is 7.38. The second kappa shape index (κ2) is 8.73. The summed E-state index contributed by atoms with van der Waals surface area (Å²) in [6.07, 6.45) is 5.57. The maximum absolute atomic E-state index is 12.0. The van der Waals surface area contributed by atoms with Crippen LogP contribution in [0.3, 0.4) is 0 Å². The van der Waals surface area contributed by atoms with Gasteiger partial charge in [0, 0.05) is 31.2 Å². The van der Waals surface area contributed by atoms with Crippen molar-refractivity contribution in [2.75, 3.05) is 45.2 Å². The molecule has 2 N–H and O–H groups in total. The molecule has 1 saturated carbocycles. The van der Waals surface area contributed by atoms with E-state index in [1.54, 1.807) is 0 Å². The fraction of sp³-hybridized carbons (Fsp3) is 0.667. The Kier molecular flexibility index (Phi) is 6.54. The van der Waals surface area contributed by atoms with Crippen LogP contribution < -0.4 is 10.0 Å². The van der Waals surface area contributed by atoms with Crippen LogP contribution in [0.2, 0.25) is 0 Å². The fourth-order valence-electron chi connectivity index (χ4n) is 4.21. The third-order valence-corrected chi connectivity index (χ3v) is 7.23. The van der Waals surface area contributed by atoms with Crippen molar-refractivity contribution < 1.29 is 18.1 Å². The summed E-state index contributed by atoms with van der Waals surface area (Å²) in [4.78, 5) is 13.3. The number of rotatable bonds is 7. The van der Waals surface area contributed by atoms with Crippen LogP contribution >= 0.6 is 0 Å². The molecule has 9 nitrogen and oxygen atoms in total. The molecule has 0 radical (unpaired) electrons. The molecular weight excluding hydrogens is 384 g/mol. The van der Waals surface area contributed by atoms with Crippen LogP contribution in [0, 0.1) is 10.1 Å². The van der Waals surface area contributed by atoms with Crippen LogP contribution in [-0.4, -0.2) is 63.7 Å². The average molecular weight is 413 g/mol. The molecule has 2 aliphatic rings. The van der Waals surface area contributed by atoms with Crippen molar-refractivity contribution in [2.24, 2.45) is 0 Å². The number of hydrogen-bond acceptors (Lipinski definition) is 7. The quantitative estimate of drug-likeness (QED) is 0.520. The molecule has 1 aromatic rings. The van der Waals surface area contributed by atoms with Gasteiger partial charge in [0.2, 0.25) is 10.0 Å². The lowest BCUT2D eigenvalue weighted by molar-refractivity contribution is -0.384. The number of nitro groups is 1. The maximum Gasteiger partial charge on any atom is 0.293 e. The first-order chi connectivity index (χ1) is 13.4. The van der Waals surface area contributed by atoms with Gasteiger partial charge in [-0.05, 0) is 32.0 Å². The van der Waals surface area contributed by atoms with E-state index in [9.17, 15) is 18.5 Å². The lowest BCUT2D eigenvalue weighted by Gasteiger charge is -2.48. The summed E-state index contributed by atoms with van der Waals surface area (Å²) in [6, 6.07) is 3.98. The second-order valence-corrected chi connectivity index (χ2v) is 9.27. The van der Waals surface area contributed by atoms with Crippen molar-refractivity contribution in [1.82, 2.24) is 9.62 Å². The zero-order valence-corrected chi connectivity index (χ0v) is 17.0. The summed E-state index contributed by atoms with van der Waals surface area (Å²) in [5.41, 5.74) is 0.0635. The van der Waals surface area contributed by atoms with E-state index < -0.39 is 14.9 Å². The molecular formula is C18H28N4O5S. The number of nitrogens with zero attached hydrogens (tertiary/aromatic N) is 2. The molecule has 0 spiro atoms. The molecule has 0 aromatic heterocycles.